The highest BCUT2D eigenvalue weighted by atomic mass is 19.3. The van der Waals surface area contributed by atoms with E-state index in [1.807, 2.05) is 0 Å². The third-order valence-electron chi connectivity index (χ3n) is 2.60. The van der Waals surface area contributed by atoms with E-state index >= 15 is 0 Å². The SMILES string of the molecule is Cc1nc2ccc(CCC(F)(F)C(=O)O)cc2o1. The molecule has 1 aromatic carbocycles. The van der Waals surface area contributed by atoms with E-state index in [1.54, 1.807) is 25.1 Å². The van der Waals surface area contributed by atoms with Gasteiger partial charge in [-0.25, -0.2) is 9.78 Å². The van der Waals surface area contributed by atoms with Crippen LogP contribution in [0.2, 0.25) is 0 Å². The lowest BCUT2D eigenvalue weighted by Gasteiger charge is -2.10. The molecule has 4 nitrogen and oxygen atoms in total. The molecule has 0 bridgehead atoms. The lowest BCUT2D eigenvalue weighted by molar-refractivity contribution is -0.165. The maximum Gasteiger partial charge on any atom is 0.374 e. The molecule has 0 aliphatic carbocycles. The van der Waals surface area contributed by atoms with Gasteiger partial charge in [-0.3, -0.25) is 0 Å². The first-order valence-corrected chi connectivity index (χ1v) is 5.36. The Morgan fingerprint density at radius 1 is 1.50 bits per heavy atom. The molecule has 0 fully saturated rings. The standard InChI is InChI=1S/C12H11F2NO3/c1-7-15-9-3-2-8(6-10(9)18-7)4-5-12(13,14)11(16)17/h2-3,6H,4-5H2,1H3,(H,16,17). The molecule has 0 unspecified atom stereocenters. The second-order valence-corrected chi connectivity index (χ2v) is 4.04. The summed E-state index contributed by atoms with van der Waals surface area (Å²) in [4.78, 5) is 14.4. The summed E-state index contributed by atoms with van der Waals surface area (Å²) in [5.74, 6) is -5.30. The first-order chi connectivity index (χ1) is 8.38. The summed E-state index contributed by atoms with van der Waals surface area (Å²) in [6.07, 6.45) is -0.768. The van der Waals surface area contributed by atoms with Crippen molar-refractivity contribution in [3.8, 4) is 0 Å². The number of fused-ring (bicyclic) bond motifs is 1. The molecule has 2 rings (SSSR count). The number of alkyl halides is 2. The van der Waals surface area contributed by atoms with Crippen molar-refractivity contribution in [1.82, 2.24) is 4.98 Å². The molecule has 0 atom stereocenters. The number of carboxylic acids is 1. The van der Waals surface area contributed by atoms with Crippen molar-refractivity contribution in [1.29, 1.82) is 0 Å². The predicted molar refractivity (Wildman–Crippen MR) is 59.6 cm³/mol. The smallest absolute Gasteiger partial charge is 0.374 e. The second-order valence-electron chi connectivity index (χ2n) is 4.04. The monoisotopic (exact) mass is 255 g/mol. The molecule has 18 heavy (non-hydrogen) atoms. The largest absolute Gasteiger partial charge is 0.477 e. The zero-order valence-electron chi connectivity index (χ0n) is 9.61. The van der Waals surface area contributed by atoms with Gasteiger partial charge in [0.2, 0.25) is 0 Å². The molecule has 0 radical (unpaired) electrons. The summed E-state index contributed by atoms with van der Waals surface area (Å²) in [6, 6.07) is 4.91. The molecule has 6 heteroatoms. The molecule has 1 aromatic heterocycles. The van der Waals surface area contributed by atoms with Gasteiger partial charge in [-0.2, -0.15) is 8.78 Å². The third-order valence-corrected chi connectivity index (χ3v) is 2.60. The van der Waals surface area contributed by atoms with E-state index in [9.17, 15) is 13.6 Å². The second kappa shape index (κ2) is 4.36. The van der Waals surface area contributed by atoms with Crippen LogP contribution in [0.25, 0.3) is 11.1 Å². The lowest BCUT2D eigenvalue weighted by Crippen LogP contribution is -2.28. The van der Waals surface area contributed by atoms with E-state index in [0.717, 1.165) is 0 Å². The highest BCUT2D eigenvalue weighted by Crippen LogP contribution is 2.23. The molecule has 1 N–H and O–H groups in total. The summed E-state index contributed by atoms with van der Waals surface area (Å²) in [7, 11) is 0. The molecule has 1 heterocycles. The topological polar surface area (TPSA) is 63.3 Å². The van der Waals surface area contributed by atoms with Crippen LogP contribution >= 0.6 is 0 Å². The summed E-state index contributed by atoms with van der Waals surface area (Å²) in [6.45, 7) is 1.69. The molecule has 0 saturated carbocycles. The van der Waals surface area contributed by atoms with Gasteiger partial charge in [0.15, 0.2) is 11.5 Å². The molecule has 0 spiro atoms. The Labute approximate surface area is 101 Å². The lowest BCUT2D eigenvalue weighted by atomic mass is 10.1. The third kappa shape index (κ3) is 2.47. The molecule has 0 aliphatic rings. The molecular weight excluding hydrogens is 244 g/mol. The quantitative estimate of drug-likeness (QED) is 0.912. The van der Waals surface area contributed by atoms with E-state index in [0.29, 0.717) is 22.6 Å². The number of oxazole rings is 1. The fraction of sp³-hybridized carbons (Fsp3) is 0.333. The number of aliphatic carboxylic acids is 1. The van der Waals surface area contributed by atoms with Crippen LogP contribution in [-0.2, 0) is 11.2 Å². The van der Waals surface area contributed by atoms with Crippen LogP contribution in [0.5, 0.6) is 0 Å². The Morgan fingerprint density at radius 2 is 2.22 bits per heavy atom. The van der Waals surface area contributed by atoms with E-state index < -0.39 is 18.3 Å². The van der Waals surface area contributed by atoms with Crippen LogP contribution in [0.3, 0.4) is 0 Å². The van der Waals surface area contributed by atoms with Crippen LogP contribution < -0.4 is 0 Å². The Balaban J connectivity index is 2.15. The zero-order valence-corrected chi connectivity index (χ0v) is 9.61. The van der Waals surface area contributed by atoms with E-state index in [4.69, 9.17) is 9.52 Å². The summed E-state index contributed by atoms with van der Waals surface area (Å²) in [5.41, 5.74) is 1.77. The Morgan fingerprint density at radius 3 is 2.89 bits per heavy atom. The highest BCUT2D eigenvalue weighted by Gasteiger charge is 2.37. The molecule has 0 saturated heterocycles. The number of aromatic nitrogens is 1. The number of hydrogen-bond donors (Lipinski definition) is 1. The number of carbonyl (C=O) groups is 1. The van der Waals surface area contributed by atoms with Gasteiger partial charge in [0, 0.05) is 13.3 Å². The Hall–Kier alpha value is -1.98. The van der Waals surface area contributed by atoms with Crippen molar-refractivity contribution in [3.63, 3.8) is 0 Å². The van der Waals surface area contributed by atoms with Crippen LogP contribution in [0.4, 0.5) is 8.78 Å². The van der Waals surface area contributed by atoms with Gasteiger partial charge < -0.3 is 9.52 Å². The Kier molecular flexibility index (Phi) is 3.02. The van der Waals surface area contributed by atoms with Crippen molar-refractivity contribution < 1.29 is 23.1 Å². The van der Waals surface area contributed by atoms with Gasteiger partial charge in [-0.15, -0.1) is 0 Å². The van der Waals surface area contributed by atoms with Gasteiger partial charge in [0.1, 0.15) is 5.52 Å². The highest BCUT2D eigenvalue weighted by molar-refractivity contribution is 5.75. The van der Waals surface area contributed by atoms with Crippen LogP contribution in [0.15, 0.2) is 22.6 Å². The number of hydrogen-bond acceptors (Lipinski definition) is 3. The number of aryl methyl sites for hydroxylation is 2. The fourth-order valence-corrected chi connectivity index (χ4v) is 1.65. The summed E-state index contributed by atoms with van der Waals surface area (Å²) >= 11 is 0. The normalized spacial score (nSPS) is 11.9. The van der Waals surface area contributed by atoms with Crippen LogP contribution in [0.1, 0.15) is 17.9 Å². The minimum atomic E-state index is -3.70. The average molecular weight is 255 g/mol. The summed E-state index contributed by atoms with van der Waals surface area (Å²) in [5, 5.41) is 8.32. The van der Waals surface area contributed by atoms with Crippen molar-refractivity contribution in [2.45, 2.75) is 25.7 Å². The minimum Gasteiger partial charge on any atom is -0.477 e. The van der Waals surface area contributed by atoms with Crippen LogP contribution in [0, 0.1) is 6.92 Å². The first kappa shape index (κ1) is 12.5. The fourth-order valence-electron chi connectivity index (χ4n) is 1.65. The van der Waals surface area contributed by atoms with Crippen LogP contribution in [-0.4, -0.2) is 22.0 Å². The molecular formula is C12H11F2NO3. The van der Waals surface area contributed by atoms with Gasteiger partial charge in [0.25, 0.3) is 0 Å². The van der Waals surface area contributed by atoms with Crippen molar-refractivity contribution >= 4 is 17.1 Å². The Bertz CT molecular complexity index is 592. The minimum absolute atomic E-state index is 0.0328. The van der Waals surface area contributed by atoms with E-state index in [-0.39, 0.29) is 6.42 Å². The first-order valence-electron chi connectivity index (χ1n) is 5.36. The van der Waals surface area contributed by atoms with E-state index in [1.165, 1.54) is 0 Å². The van der Waals surface area contributed by atoms with Crippen molar-refractivity contribution in [3.05, 3.63) is 29.7 Å². The molecule has 0 amide bonds. The number of carboxylic acid groups (broad SMARTS) is 1. The average Bonchev–Trinajstić information content (AvgIpc) is 2.65. The molecule has 2 aromatic rings. The number of benzene rings is 1. The van der Waals surface area contributed by atoms with Gasteiger partial charge >= 0.3 is 11.9 Å². The van der Waals surface area contributed by atoms with Gasteiger partial charge in [-0.1, -0.05) is 6.07 Å². The van der Waals surface area contributed by atoms with Crippen molar-refractivity contribution in [2.24, 2.45) is 0 Å². The maximum absolute atomic E-state index is 12.9. The number of rotatable bonds is 4. The predicted octanol–water partition coefficient (Wildman–Crippen LogP) is 2.79. The zero-order chi connectivity index (χ0) is 13.3. The molecule has 0 aliphatic heterocycles. The van der Waals surface area contributed by atoms with Gasteiger partial charge in [0.05, 0.1) is 0 Å². The summed E-state index contributed by atoms with van der Waals surface area (Å²) < 4.78 is 31.1. The van der Waals surface area contributed by atoms with Crippen molar-refractivity contribution in [2.75, 3.05) is 0 Å². The van der Waals surface area contributed by atoms with Gasteiger partial charge in [-0.05, 0) is 24.1 Å². The molecule has 96 valence electrons. The van der Waals surface area contributed by atoms with E-state index in [2.05, 4.69) is 4.98 Å². The number of nitrogens with zero attached hydrogens (tertiary/aromatic N) is 1. The number of halogens is 2. The maximum atomic E-state index is 12.9.